The van der Waals surface area contributed by atoms with E-state index < -0.39 is 18.0 Å². The Hall–Kier alpha value is -2.55. The Bertz CT molecular complexity index is 570. The van der Waals surface area contributed by atoms with Gasteiger partial charge in [0.1, 0.15) is 0 Å². The number of urea groups is 1. The average Bonchev–Trinajstić information content (AvgIpc) is 2.36. The number of hydrogen-bond acceptors (Lipinski definition) is 3. The number of carbonyl (C=O) groups is 2. The van der Waals surface area contributed by atoms with Crippen molar-refractivity contribution < 1.29 is 14.7 Å². The van der Waals surface area contributed by atoms with Crippen molar-refractivity contribution in [1.82, 2.24) is 5.32 Å². The normalized spacial score (nSPS) is 12.1. The quantitative estimate of drug-likeness (QED) is 0.792. The number of benzene rings is 1. The summed E-state index contributed by atoms with van der Waals surface area (Å²) in [5, 5.41) is 23.0. The Morgan fingerprint density at radius 1 is 1.38 bits per heavy atom. The first-order chi connectivity index (χ1) is 9.72. The van der Waals surface area contributed by atoms with Crippen LogP contribution in [0.3, 0.4) is 0 Å². The molecule has 0 aliphatic carbocycles. The minimum Gasteiger partial charge on any atom is -0.481 e. The molecule has 0 fully saturated rings. The van der Waals surface area contributed by atoms with Gasteiger partial charge in [-0.2, -0.15) is 5.26 Å². The maximum absolute atomic E-state index is 12.0. The van der Waals surface area contributed by atoms with Gasteiger partial charge in [0.05, 0.1) is 18.1 Å². The third kappa shape index (κ3) is 5.53. The van der Waals surface area contributed by atoms with Gasteiger partial charge in [0, 0.05) is 11.7 Å². The molecule has 1 atom stereocenters. The van der Waals surface area contributed by atoms with Gasteiger partial charge in [-0.15, -0.1) is 0 Å². The first-order valence-corrected chi connectivity index (χ1v) is 6.52. The fraction of sp³-hybridized carbons (Fsp3) is 0.400. The zero-order valence-electron chi connectivity index (χ0n) is 12.3. The van der Waals surface area contributed by atoms with Gasteiger partial charge < -0.3 is 15.7 Å². The summed E-state index contributed by atoms with van der Waals surface area (Å²) in [6.07, 6.45) is -0.158. The van der Waals surface area contributed by atoms with Crippen molar-refractivity contribution in [3.8, 4) is 6.07 Å². The van der Waals surface area contributed by atoms with Crippen LogP contribution < -0.4 is 10.6 Å². The molecule has 0 bridgehead atoms. The van der Waals surface area contributed by atoms with Crippen LogP contribution in [0.25, 0.3) is 0 Å². The molecular weight excluding hydrogens is 270 g/mol. The molecule has 0 aliphatic rings. The summed E-state index contributed by atoms with van der Waals surface area (Å²) in [6, 6.07) is 7.47. The largest absolute Gasteiger partial charge is 0.481 e. The van der Waals surface area contributed by atoms with E-state index in [-0.39, 0.29) is 11.8 Å². The second kappa shape index (κ2) is 6.75. The van der Waals surface area contributed by atoms with Crippen LogP contribution in [-0.2, 0) is 4.79 Å². The number of amides is 2. The molecule has 0 radical (unpaired) electrons. The highest BCUT2D eigenvalue weighted by molar-refractivity contribution is 5.90. The molecule has 2 amide bonds. The standard InChI is InChI=1S/C15H19N3O3/c1-15(2,3)12(8-13(19)20)18-14(21)17-11-6-4-5-10(7-11)9-16/h4-7,12H,8H2,1-3H3,(H,19,20)(H2,17,18,21). The van der Waals surface area contributed by atoms with Crippen LogP contribution in [0.15, 0.2) is 24.3 Å². The highest BCUT2D eigenvalue weighted by Crippen LogP contribution is 2.22. The van der Waals surface area contributed by atoms with Crippen LogP contribution in [0.4, 0.5) is 10.5 Å². The van der Waals surface area contributed by atoms with Gasteiger partial charge in [-0.1, -0.05) is 26.8 Å². The number of carboxylic acid groups (broad SMARTS) is 1. The molecule has 1 aromatic carbocycles. The van der Waals surface area contributed by atoms with Crippen LogP contribution >= 0.6 is 0 Å². The van der Waals surface area contributed by atoms with E-state index in [2.05, 4.69) is 10.6 Å². The number of carbonyl (C=O) groups excluding carboxylic acids is 1. The van der Waals surface area contributed by atoms with E-state index in [1.54, 1.807) is 24.3 Å². The Labute approximate surface area is 123 Å². The smallest absolute Gasteiger partial charge is 0.319 e. The summed E-state index contributed by atoms with van der Waals surface area (Å²) in [6.45, 7) is 5.57. The second-order valence-electron chi connectivity index (χ2n) is 5.81. The van der Waals surface area contributed by atoms with Gasteiger partial charge in [0.15, 0.2) is 0 Å². The van der Waals surface area contributed by atoms with Crippen molar-refractivity contribution in [2.45, 2.75) is 33.2 Å². The number of nitrogens with one attached hydrogen (secondary N) is 2. The van der Waals surface area contributed by atoms with Gasteiger partial charge >= 0.3 is 12.0 Å². The summed E-state index contributed by atoms with van der Waals surface area (Å²) in [4.78, 5) is 22.8. The molecule has 21 heavy (non-hydrogen) atoms. The van der Waals surface area contributed by atoms with Crippen molar-refractivity contribution in [2.24, 2.45) is 5.41 Å². The van der Waals surface area contributed by atoms with E-state index in [1.807, 2.05) is 26.8 Å². The van der Waals surface area contributed by atoms with Crippen LogP contribution in [0.1, 0.15) is 32.8 Å². The van der Waals surface area contributed by atoms with Gasteiger partial charge in [-0.05, 0) is 23.6 Å². The fourth-order valence-corrected chi connectivity index (χ4v) is 1.74. The molecule has 0 spiro atoms. The van der Waals surface area contributed by atoms with Crippen molar-refractivity contribution >= 4 is 17.7 Å². The number of rotatable bonds is 4. The minimum atomic E-state index is -0.971. The fourth-order valence-electron chi connectivity index (χ4n) is 1.74. The Balaban J connectivity index is 2.74. The zero-order valence-corrected chi connectivity index (χ0v) is 12.3. The van der Waals surface area contributed by atoms with E-state index in [9.17, 15) is 9.59 Å². The van der Waals surface area contributed by atoms with Gasteiger partial charge in [0.2, 0.25) is 0 Å². The van der Waals surface area contributed by atoms with E-state index in [1.165, 1.54) is 0 Å². The first-order valence-electron chi connectivity index (χ1n) is 6.52. The lowest BCUT2D eigenvalue weighted by Crippen LogP contribution is -2.46. The molecule has 1 unspecified atom stereocenters. The molecule has 0 heterocycles. The summed E-state index contributed by atoms with van der Waals surface area (Å²) < 4.78 is 0. The Morgan fingerprint density at radius 2 is 2.05 bits per heavy atom. The molecule has 112 valence electrons. The molecule has 3 N–H and O–H groups in total. The highest BCUT2D eigenvalue weighted by atomic mass is 16.4. The molecule has 1 rings (SSSR count). The lowest BCUT2D eigenvalue weighted by atomic mass is 9.85. The Kier molecular flexibility index (Phi) is 5.30. The van der Waals surface area contributed by atoms with Gasteiger partial charge in [-0.3, -0.25) is 4.79 Å². The highest BCUT2D eigenvalue weighted by Gasteiger charge is 2.28. The van der Waals surface area contributed by atoms with Gasteiger partial charge in [0.25, 0.3) is 0 Å². The summed E-state index contributed by atoms with van der Waals surface area (Å²) in [5.41, 5.74) is 0.532. The predicted molar refractivity (Wildman–Crippen MR) is 78.8 cm³/mol. The molecule has 6 heteroatoms. The number of nitriles is 1. The molecule has 6 nitrogen and oxygen atoms in total. The molecule has 1 aromatic rings. The monoisotopic (exact) mass is 289 g/mol. The van der Waals surface area contributed by atoms with E-state index in [0.717, 1.165) is 0 Å². The lowest BCUT2D eigenvalue weighted by molar-refractivity contribution is -0.138. The van der Waals surface area contributed by atoms with E-state index >= 15 is 0 Å². The summed E-state index contributed by atoms with van der Waals surface area (Å²) >= 11 is 0. The summed E-state index contributed by atoms with van der Waals surface area (Å²) in [7, 11) is 0. The maximum atomic E-state index is 12.0. The average molecular weight is 289 g/mol. The third-order valence-electron chi connectivity index (χ3n) is 2.98. The molecule has 0 saturated heterocycles. The predicted octanol–water partition coefficient (Wildman–Crippen LogP) is 2.57. The lowest BCUT2D eigenvalue weighted by Gasteiger charge is -2.30. The van der Waals surface area contributed by atoms with Crippen LogP contribution in [0.2, 0.25) is 0 Å². The van der Waals surface area contributed by atoms with E-state index in [4.69, 9.17) is 10.4 Å². The third-order valence-corrected chi connectivity index (χ3v) is 2.98. The first kappa shape index (κ1) is 16.5. The Morgan fingerprint density at radius 3 is 2.57 bits per heavy atom. The number of anilines is 1. The van der Waals surface area contributed by atoms with Gasteiger partial charge in [-0.25, -0.2) is 4.79 Å². The van der Waals surface area contributed by atoms with Crippen LogP contribution in [0.5, 0.6) is 0 Å². The maximum Gasteiger partial charge on any atom is 0.319 e. The van der Waals surface area contributed by atoms with Crippen molar-refractivity contribution in [2.75, 3.05) is 5.32 Å². The molecule has 0 aromatic heterocycles. The number of carboxylic acids is 1. The minimum absolute atomic E-state index is 0.158. The zero-order chi connectivity index (χ0) is 16.0. The topological polar surface area (TPSA) is 102 Å². The number of nitrogens with zero attached hydrogens (tertiary/aromatic N) is 1. The van der Waals surface area contributed by atoms with Crippen LogP contribution in [-0.4, -0.2) is 23.1 Å². The van der Waals surface area contributed by atoms with Crippen molar-refractivity contribution in [3.05, 3.63) is 29.8 Å². The summed E-state index contributed by atoms with van der Waals surface area (Å²) in [5.74, 6) is -0.971. The second-order valence-corrected chi connectivity index (χ2v) is 5.81. The number of aliphatic carboxylic acids is 1. The SMILES string of the molecule is CC(C)(C)C(CC(=O)O)NC(=O)Nc1cccc(C#N)c1. The molecular formula is C15H19N3O3. The van der Waals surface area contributed by atoms with Crippen LogP contribution in [0, 0.1) is 16.7 Å². The van der Waals surface area contributed by atoms with Crippen molar-refractivity contribution in [3.63, 3.8) is 0 Å². The number of hydrogen-bond donors (Lipinski definition) is 3. The molecule has 0 aliphatic heterocycles. The molecule has 0 saturated carbocycles. The van der Waals surface area contributed by atoms with E-state index in [0.29, 0.717) is 11.3 Å². The van der Waals surface area contributed by atoms with Crippen molar-refractivity contribution in [1.29, 1.82) is 5.26 Å².